The molecule has 2 fully saturated rings. The number of rotatable bonds is 3. The van der Waals surface area contributed by atoms with E-state index in [1.807, 2.05) is 7.05 Å². The fourth-order valence-corrected chi connectivity index (χ4v) is 2.32. The zero-order chi connectivity index (χ0) is 13.4. The molecule has 6 heteroatoms. The molecule has 0 radical (unpaired) electrons. The van der Waals surface area contributed by atoms with Crippen LogP contribution in [0, 0.1) is 5.92 Å². The molecule has 3 rings (SSSR count). The van der Waals surface area contributed by atoms with Gasteiger partial charge in [0.2, 0.25) is 0 Å². The van der Waals surface area contributed by atoms with Gasteiger partial charge in [0.25, 0.3) is 5.91 Å². The summed E-state index contributed by atoms with van der Waals surface area (Å²) in [4.78, 5) is 30.0. The van der Waals surface area contributed by atoms with E-state index in [-0.39, 0.29) is 17.6 Å². The zero-order valence-corrected chi connectivity index (χ0v) is 10.9. The first-order valence-corrected chi connectivity index (χ1v) is 6.57. The maximum Gasteiger partial charge on any atom is 0.274 e. The Bertz CT molecular complexity index is 507. The minimum atomic E-state index is -0.450. The van der Waals surface area contributed by atoms with Crippen molar-refractivity contribution in [3.8, 4) is 0 Å². The Labute approximate surface area is 111 Å². The Morgan fingerprint density at radius 1 is 1.42 bits per heavy atom. The molecule has 6 nitrogen and oxygen atoms in total. The lowest BCUT2D eigenvalue weighted by Crippen LogP contribution is -2.49. The fraction of sp³-hybridized carbons (Fsp3) is 0.615. The van der Waals surface area contributed by atoms with Crippen LogP contribution in [0.2, 0.25) is 0 Å². The number of nitrogens with zero attached hydrogens (tertiary/aromatic N) is 3. The summed E-state index contributed by atoms with van der Waals surface area (Å²) >= 11 is 0. The van der Waals surface area contributed by atoms with E-state index in [1.165, 1.54) is 0 Å². The first kappa shape index (κ1) is 12.3. The number of morpholine rings is 1. The molecule has 1 aliphatic carbocycles. The Kier molecular flexibility index (Phi) is 3.10. The Morgan fingerprint density at radius 2 is 2.21 bits per heavy atom. The molecule has 1 saturated heterocycles. The quantitative estimate of drug-likeness (QED) is 0.783. The molecule has 1 aromatic heterocycles. The predicted molar refractivity (Wildman–Crippen MR) is 66.6 cm³/mol. The topological polar surface area (TPSA) is 64.4 Å². The number of ketones is 1. The monoisotopic (exact) mass is 263 g/mol. The summed E-state index contributed by atoms with van der Waals surface area (Å²) < 4.78 is 7.23. The van der Waals surface area contributed by atoms with Crippen LogP contribution in [0.25, 0.3) is 0 Å². The van der Waals surface area contributed by atoms with Crippen LogP contribution < -0.4 is 0 Å². The van der Waals surface area contributed by atoms with E-state index in [2.05, 4.69) is 4.98 Å². The molecule has 2 aliphatic rings. The highest BCUT2D eigenvalue weighted by molar-refractivity contribution is 5.93. The van der Waals surface area contributed by atoms with Gasteiger partial charge in [-0.3, -0.25) is 9.59 Å². The molecule has 2 heterocycles. The number of aryl methyl sites for hydroxylation is 1. The van der Waals surface area contributed by atoms with Crippen molar-refractivity contribution in [2.24, 2.45) is 13.0 Å². The first-order valence-electron chi connectivity index (χ1n) is 6.57. The van der Waals surface area contributed by atoms with Gasteiger partial charge < -0.3 is 14.2 Å². The van der Waals surface area contributed by atoms with Gasteiger partial charge in [-0.1, -0.05) is 0 Å². The first-order chi connectivity index (χ1) is 9.15. The number of hydrogen-bond acceptors (Lipinski definition) is 4. The van der Waals surface area contributed by atoms with Crippen LogP contribution in [-0.4, -0.2) is 51.9 Å². The van der Waals surface area contributed by atoms with Gasteiger partial charge in [0, 0.05) is 25.7 Å². The van der Waals surface area contributed by atoms with Gasteiger partial charge >= 0.3 is 0 Å². The minimum Gasteiger partial charge on any atom is -0.367 e. The zero-order valence-electron chi connectivity index (χ0n) is 10.9. The van der Waals surface area contributed by atoms with Gasteiger partial charge in [0.05, 0.1) is 19.5 Å². The van der Waals surface area contributed by atoms with Gasteiger partial charge in [-0.2, -0.15) is 0 Å². The van der Waals surface area contributed by atoms with Crippen molar-refractivity contribution in [2.45, 2.75) is 18.9 Å². The molecule has 0 aromatic carbocycles. The molecule has 0 spiro atoms. The highest BCUT2D eigenvalue weighted by atomic mass is 16.5. The van der Waals surface area contributed by atoms with Crippen LogP contribution in [0.4, 0.5) is 0 Å². The number of amides is 1. The Balaban J connectivity index is 1.67. The predicted octanol–water partition coefficient (Wildman–Crippen LogP) is 0.240. The number of carbonyl (C=O) groups is 2. The normalized spacial score (nSPS) is 23.4. The SMILES string of the molecule is Cn1cnc(C(=O)N2CCOC(C(=O)C3CC3)C2)c1. The lowest BCUT2D eigenvalue weighted by molar-refractivity contribution is -0.136. The highest BCUT2D eigenvalue weighted by Crippen LogP contribution is 2.32. The summed E-state index contributed by atoms with van der Waals surface area (Å²) in [6.45, 7) is 1.29. The molecule has 0 bridgehead atoms. The number of carbonyl (C=O) groups excluding carboxylic acids is 2. The molecule has 0 N–H and O–H groups in total. The van der Waals surface area contributed by atoms with E-state index in [1.54, 1.807) is 22.0 Å². The highest BCUT2D eigenvalue weighted by Gasteiger charge is 2.38. The van der Waals surface area contributed by atoms with Gasteiger partial charge in [0.1, 0.15) is 11.8 Å². The van der Waals surface area contributed by atoms with Crippen molar-refractivity contribution < 1.29 is 14.3 Å². The summed E-state index contributed by atoms with van der Waals surface area (Å²) in [7, 11) is 1.82. The van der Waals surface area contributed by atoms with Crippen LogP contribution >= 0.6 is 0 Å². The van der Waals surface area contributed by atoms with E-state index in [0.29, 0.717) is 25.4 Å². The minimum absolute atomic E-state index is 0.127. The molecular formula is C13H17N3O3. The van der Waals surface area contributed by atoms with Crippen molar-refractivity contribution in [2.75, 3.05) is 19.7 Å². The van der Waals surface area contributed by atoms with E-state index in [9.17, 15) is 9.59 Å². The van der Waals surface area contributed by atoms with Crippen molar-refractivity contribution in [1.29, 1.82) is 0 Å². The summed E-state index contributed by atoms with van der Waals surface area (Å²) in [5.74, 6) is 0.186. The number of imidazole rings is 1. The molecule has 1 atom stereocenters. The largest absolute Gasteiger partial charge is 0.367 e. The lowest BCUT2D eigenvalue weighted by atomic mass is 10.1. The maximum absolute atomic E-state index is 12.2. The average molecular weight is 263 g/mol. The van der Waals surface area contributed by atoms with Gasteiger partial charge in [-0.05, 0) is 12.8 Å². The molecule has 1 amide bonds. The van der Waals surface area contributed by atoms with E-state index < -0.39 is 6.10 Å². The molecule has 1 unspecified atom stereocenters. The third kappa shape index (κ3) is 2.53. The van der Waals surface area contributed by atoms with Crippen LogP contribution in [0.3, 0.4) is 0 Å². The molecule has 1 aliphatic heterocycles. The number of hydrogen-bond donors (Lipinski definition) is 0. The van der Waals surface area contributed by atoms with Crippen LogP contribution in [0.15, 0.2) is 12.5 Å². The van der Waals surface area contributed by atoms with E-state index >= 15 is 0 Å². The summed E-state index contributed by atoms with van der Waals surface area (Å²) in [5.41, 5.74) is 0.419. The third-order valence-electron chi connectivity index (χ3n) is 3.57. The number of ether oxygens (including phenoxy) is 1. The van der Waals surface area contributed by atoms with E-state index in [0.717, 1.165) is 12.8 Å². The lowest BCUT2D eigenvalue weighted by Gasteiger charge is -2.31. The van der Waals surface area contributed by atoms with Crippen LogP contribution in [0.5, 0.6) is 0 Å². The van der Waals surface area contributed by atoms with Gasteiger partial charge in [-0.15, -0.1) is 0 Å². The molecule has 1 saturated carbocycles. The maximum atomic E-state index is 12.2. The second kappa shape index (κ2) is 4.77. The average Bonchev–Trinajstić information content (AvgIpc) is 3.19. The molecule has 102 valence electrons. The van der Waals surface area contributed by atoms with Crippen molar-refractivity contribution in [3.63, 3.8) is 0 Å². The molecule has 1 aromatic rings. The Hall–Kier alpha value is -1.69. The summed E-state index contributed by atoms with van der Waals surface area (Å²) in [6.07, 6.45) is 4.77. The standard InChI is InChI=1S/C13H17N3O3/c1-15-6-10(14-8-15)13(18)16-4-5-19-11(7-16)12(17)9-2-3-9/h6,8-9,11H,2-5,7H2,1H3. The molecule has 19 heavy (non-hydrogen) atoms. The smallest absolute Gasteiger partial charge is 0.274 e. The molecular weight excluding hydrogens is 246 g/mol. The fourth-order valence-electron chi connectivity index (χ4n) is 2.32. The second-order valence-electron chi connectivity index (χ2n) is 5.21. The van der Waals surface area contributed by atoms with Crippen molar-refractivity contribution in [3.05, 3.63) is 18.2 Å². The Morgan fingerprint density at radius 3 is 2.84 bits per heavy atom. The van der Waals surface area contributed by atoms with Gasteiger partial charge in [0.15, 0.2) is 5.78 Å². The van der Waals surface area contributed by atoms with Crippen molar-refractivity contribution in [1.82, 2.24) is 14.5 Å². The summed E-state index contributed by atoms with van der Waals surface area (Å²) in [5, 5.41) is 0. The number of aromatic nitrogens is 2. The second-order valence-corrected chi connectivity index (χ2v) is 5.21. The van der Waals surface area contributed by atoms with Crippen LogP contribution in [0.1, 0.15) is 23.3 Å². The third-order valence-corrected chi connectivity index (χ3v) is 3.57. The number of Topliss-reactive ketones (excluding diaryl/α,β-unsaturated/α-hetero) is 1. The summed E-state index contributed by atoms with van der Waals surface area (Å²) in [6, 6.07) is 0. The van der Waals surface area contributed by atoms with Gasteiger partial charge in [-0.25, -0.2) is 4.98 Å². The van der Waals surface area contributed by atoms with E-state index in [4.69, 9.17) is 4.74 Å². The van der Waals surface area contributed by atoms with Crippen molar-refractivity contribution >= 4 is 11.7 Å². The van der Waals surface area contributed by atoms with Crippen LogP contribution in [-0.2, 0) is 16.6 Å².